The quantitative estimate of drug-likeness (QED) is 0.288. The Labute approximate surface area is 83.5 Å². The Morgan fingerprint density at radius 2 is 2.14 bits per heavy atom. The molecule has 0 bridgehead atoms. The van der Waals surface area contributed by atoms with Crippen LogP contribution in [0.2, 0.25) is 0 Å². The number of guanidine groups is 1. The number of hydrogen-bond acceptors (Lipinski definition) is 2. The van der Waals surface area contributed by atoms with E-state index in [9.17, 15) is 0 Å². The monoisotopic (exact) mass is 190 g/mol. The largest absolute Gasteiger partial charge is 0.369 e. The van der Waals surface area contributed by atoms with E-state index in [1.807, 2.05) is 30.3 Å². The van der Waals surface area contributed by atoms with Crippen LogP contribution in [-0.4, -0.2) is 12.5 Å². The second-order valence-corrected chi connectivity index (χ2v) is 2.63. The molecule has 0 unspecified atom stereocenters. The summed E-state index contributed by atoms with van der Waals surface area (Å²) in [5.74, 6) is 0.341. The van der Waals surface area contributed by atoms with Crippen molar-refractivity contribution >= 4 is 11.6 Å². The highest BCUT2D eigenvalue weighted by Gasteiger charge is 1.89. The number of aliphatic imine (C=N–C) groups is 1. The van der Waals surface area contributed by atoms with Crippen molar-refractivity contribution in [1.82, 2.24) is 5.43 Å². The molecule has 1 aromatic carbocycles. The van der Waals surface area contributed by atoms with Gasteiger partial charge in [0.15, 0.2) is 0 Å². The van der Waals surface area contributed by atoms with Crippen LogP contribution in [0.3, 0.4) is 0 Å². The fourth-order valence-electron chi connectivity index (χ4n) is 0.860. The first-order chi connectivity index (χ1) is 6.83. The van der Waals surface area contributed by atoms with Crippen LogP contribution in [0.25, 0.3) is 0 Å². The minimum absolute atomic E-state index is 0.341. The standard InChI is InChI=1S/C10H14N4/c1-2-8-12-10(11)14-13-9-6-4-3-5-7-9/h2-7,13H,1,8H2,(H3,11,12,14). The fraction of sp³-hybridized carbons (Fsp3) is 0.100. The van der Waals surface area contributed by atoms with Gasteiger partial charge in [-0.15, -0.1) is 6.58 Å². The molecule has 4 nitrogen and oxygen atoms in total. The van der Waals surface area contributed by atoms with E-state index in [1.165, 1.54) is 0 Å². The summed E-state index contributed by atoms with van der Waals surface area (Å²) in [6.07, 6.45) is 1.68. The third-order valence-electron chi connectivity index (χ3n) is 1.50. The minimum atomic E-state index is 0.341. The average molecular weight is 190 g/mol. The van der Waals surface area contributed by atoms with Crippen molar-refractivity contribution in [1.29, 1.82) is 0 Å². The first kappa shape index (κ1) is 10.1. The highest BCUT2D eigenvalue weighted by molar-refractivity contribution is 5.79. The molecule has 1 rings (SSSR count). The van der Waals surface area contributed by atoms with Crippen LogP contribution in [0, 0.1) is 0 Å². The number of nitrogens with two attached hydrogens (primary N) is 1. The van der Waals surface area contributed by atoms with Crippen LogP contribution in [0.15, 0.2) is 48.0 Å². The molecule has 0 fully saturated rings. The minimum Gasteiger partial charge on any atom is -0.369 e. The van der Waals surface area contributed by atoms with E-state index >= 15 is 0 Å². The molecule has 1 aromatic rings. The highest BCUT2D eigenvalue weighted by Crippen LogP contribution is 2.01. The molecule has 14 heavy (non-hydrogen) atoms. The summed E-state index contributed by atoms with van der Waals surface area (Å²) in [6.45, 7) is 4.05. The van der Waals surface area contributed by atoms with Crippen molar-refractivity contribution < 1.29 is 0 Å². The molecular weight excluding hydrogens is 176 g/mol. The smallest absolute Gasteiger partial charge is 0.207 e. The SMILES string of the molecule is C=CCN=C(N)NNc1ccccc1. The summed E-state index contributed by atoms with van der Waals surface area (Å²) in [5.41, 5.74) is 12.1. The Morgan fingerprint density at radius 1 is 1.43 bits per heavy atom. The maximum absolute atomic E-state index is 5.54. The van der Waals surface area contributed by atoms with E-state index in [2.05, 4.69) is 22.4 Å². The number of benzene rings is 1. The Kier molecular flexibility index (Phi) is 4.07. The number of nitrogens with one attached hydrogen (secondary N) is 2. The third kappa shape index (κ3) is 3.62. The molecule has 0 radical (unpaired) electrons. The first-order valence-corrected chi connectivity index (χ1v) is 4.31. The van der Waals surface area contributed by atoms with E-state index < -0.39 is 0 Å². The third-order valence-corrected chi connectivity index (χ3v) is 1.50. The summed E-state index contributed by atoms with van der Waals surface area (Å²) >= 11 is 0. The maximum atomic E-state index is 5.54. The maximum Gasteiger partial charge on any atom is 0.207 e. The van der Waals surface area contributed by atoms with Crippen molar-refractivity contribution in [3.05, 3.63) is 43.0 Å². The van der Waals surface area contributed by atoms with Crippen LogP contribution >= 0.6 is 0 Å². The van der Waals surface area contributed by atoms with Gasteiger partial charge in [-0.2, -0.15) is 0 Å². The van der Waals surface area contributed by atoms with Gasteiger partial charge in [-0.05, 0) is 12.1 Å². The molecule has 0 aliphatic carbocycles. The Balaban J connectivity index is 2.37. The molecule has 0 amide bonds. The molecule has 0 atom stereocenters. The molecule has 4 heteroatoms. The van der Waals surface area contributed by atoms with Gasteiger partial charge in [-0.25, -0.2) is 4.99 Å². The van der Waals surface area contributed by atoms with E-state index in [0.29, 0.717) is 12.5 Å². The van der Waals surface area contributed by atoms with Gasteiger partial charge >= 0.3 is 0 Å². The lowest BCUT2D eigenvalue weighted by Gasteiger charge is -2.07. The molecule has 0 saturated heterocycles. The molecule has 0 aliphatic heterocycles. The van der Waals surface area contributed by atoms with Crippen LogP contribution in [0.4, 0.5) is 5.69 Å². The molecule has 0 aromatic heterocycles. The van der Waals surface area contributed by atoms with Crippen LogP contribution in [-0.2, 0) is 0 Å². The van der Waals surface area contributed by atoms with Crippen molar-refractivity contribution in [3.63, 3.8) is 0 Å². The second kappa shape index (κ2) is 5.64. The van der Waals surface area contributed by atoms with E-state index in [-0.39, 0.29) is 0 Å². The molecule has 0 heterocycles. The topological polar surface area (TPSA) is 62.4 Å². The molecule has 4 N–H and O–H groups in total. The van der Waals surface area contributed by atoms with E-state index in [4.69, 9.17) is 5.73 Å². The van der Waals surface area contributed by atoms with Gasteiger partial charge in [0.1, 0.15) is 0 Å². The second-order valence-electron chi connectivity index (χ2n) is 2.63. The lowest BCUT2D eigenvalue weighted by atomic mass is 10.3. The number of rotatable bonds is 4. The summed E-state index contributed by atoms with van der Waals surface area (Å²) < 4.78 is 0. The van der Waals surface area contributed by atoms with Gasteiger partial charge in [0.05, 0.1) is 12.2 Å². The van der Waals surface area contributed by atoms with Crippen molar-refractivity contribution in [2.24, 2.45) is 10.7 Å². The van der Waals surface area contributed by atoms with E-state index in [0.717, 1.165) is 5.69 Å². The lowest BCUT2D eigenvalue weighted by Crippen LogP contribution is -2.36. The van der Waals surface area contributed by atoms with Crippen LogP contribution in [0.5, 0.6) is 0 Å². The number of nitrogens with zero attached hydrogens (tertiary/aromatic N) is 1. The van der Waals surface area contributed by atoms with Gasteiger partial charge in [-0.3, -0.25) is 10.9 Å². The first-order valence-electron chi connectivity index (χ1n) is 4.31. The van der Waals surface area contributed by atoms with Crippen molar-refractivity contribution in [2.75, 3.05) is 12.0 Å². The summed E-state index contributed by atoms with van der Waals surface area (Å²) in [4.78, 5) is 3.96. The molecule has 0 saturated carbocycles. The van der Waals surface area contributed by atoms with Crippen LogP contribution < -0.4 is 16.6 Å². The molecule has 74 valence electrons. The Morgan fingerprint density at radius 3 is 2.79 bits per heavy atom. The normalized spacial score (nSPS) is 10.7. The average Bonchev–Trinajstić information content (AvgIpc) is 2.25. The van der Waals surface area contributed by atoms with E-state index in [1.54, 1.807) is 6.08 Å². The summed E-state index contributed by atoms with van der Waals surface area (Å²) in [6, 6.07) is 9.66. The number of hydrogen-bond donors (Lipinski definition) is 3. The summed E-state index contributed by atoms with van der Waals surface area (Å²) in [7, 11) is 0. The number of hydrazine groups is 1. The van der Waals surface area contributed by atoms with Gasteiger partial charge < -0.3 is 5.73 Å². The number of anilines is 1. The molecular formula is C10H14N4. The Bertz CT molecular complexity index is 305. The molecule has 0 aliphatic rings. The molecule has 0 spiro atoms. The van der Waals surface area contributed by atoms with Crippen molar-refractivity contribution in [2.45, 2.75) is 0 Å². The van der Waals surface area contributed by atoms with Crippen molar-refractivity contribution in [3.8, 4) is 0 Å². The van der Waals surface area contributed by atoms with Gasteiger partial charge in [0.2, 0.25) is 5.96 Å². The number of para-hydroxylation sites is 1. The Hall–Kier alpha value is -1.97. The van der Waals surface area contributed by atoms with Gasteiger partial charge in [0, 0.05) is 0 Å². The summed E-state index contributed by atoms with van der Waals surface area (Å²) in [5, 5.41) is 0. The predicted molar refractivity (Wildman–Crippen MR) is 59.9 cm³/mol. The van der Waals surface area contributed by atoms with Crippen LogP contribution in [0.1, 0.15) is 0 Å². The fourth-order valence-corrected chi connectivity index (χ4v) is 0.860. The lowest BCUT2D eigenvalue weighted by molar-refractivity contribution is 1.06. The van der Waals surface area contributed by atoms with Gasteiger partial charge in [-0.1, -0.05) is 24.3 Å². The zero-order valence-corrected chi connectivity index (χ0v) is 7.90. The predicted octanol–water partition coefficient (Wildman–Crippen LogP) is 1.10. The zero-order valence-electron chi connectivity index (χ0n) is 7.90. The van der Waals surface area contributed by atoms with Gasteiger partial charge in [0.25, 0.3) is 0 Å². The highest BCUT2D eigenvalue weighted by atomic mass is 15.4. The zero-order chi connectivity index (χ0) is 10.2.